The van der Waals surface area contributed by atoms with Crippen molar-refractivity contribution in [2.45, 2.75) is 4.05 Å². The maximum absolute atomic E-state index is 10.2. The van der Waals surface area contributed by atoms with Crippen LogP contribution in [-0.4, -0.2) is 38.1 Å². The zero-order valence-electron chi connectivity index (χ0n) is 4.20. The van der Waals surface area contributed by atoms with E-state index in [9.17, 15) is 4.79 Å². The number of aliphatic hydroxyl groups is 1. The number of hydrogen-bond donors (Lipinski definition) is 1. The molecule has 0 spiro atoms. The molecule has 0 saturated carbocycles. The second kappa shape index (κ2) is 3.93. The van der Waals surface area contributed by atoms with Gasteiger partial charge in [-0.1, -0.05) is 0 Å². The molecule has 0 heterocycles. The fraction of sp³-hybridized carbons (Fsp3) is 0.250. The van der Waals surface area contributed by atoms with Crippen LogP contribution in [-0.2, 0) is 9.53 Å². The van der Waals surface area contributed by atoms with Gasteiger partial charge in [-0.05, 0) is 0 Å². The molecule has 0 saturated heterocycles. The zero-order valence-corrected chi connectivity index (χ0v) is 7.50. The molecule has 0 bridgehead atoms. The molecule has 4 heteroatoms. The van der Waals surface area contributed by atoms with E-state index in [0.717, 1.165) is 6.26 Å². The van der Waals surface area contributed by atoms with Crippen molar-refractivity contribution in [3.05, 3.63) is 12.8 Å². The number of hydrogen-bond acceptors (Lipinski definition) is 3. The van der Waals surface area contributed by atoms with E-state index in [-0.39, 0.29) is 0 Å². The van der Waals surface area contributed by atoms with Gasteiger partial charge in [0.2, 0.25) is 0 Å². The molecule has 0 radical (unpaired) electrons. The van der Waals surface area contributed by atoms with Crippen LogP contribution >= 0.6 is 0 Å². The molecule has 0 aliphatic carbocycles. The standard InChI is InChI=1S/C4H5O3.Sb.2H/c1-2-7-4(6)3-5;;;/h2-3,5H,1H2;;;. The van der Waals surface area contributed by atoms with Crippen molar-refractivity contribution < 1.29 is 14.6 Å². The summed E-state index contributed by atoms with van der Waals surface area (Å²) >= 11 is 0.459. The molecule has 0 rings (SSSR count). The molecular formula is C4H7O3Sb. The van der Waals surface area contributed by atoms with Crippen LogP contribution in [0.15, 0.2) is 12.8 Å². The summed E-state index contributed by atoms with van der Waals surface area (Å²) in [5.74, 6) is -0.623. The maximum atomic E-state index is 10.2. The van der Waals surface area contributed by atoms with Gasteiger partial charge < -0.3 is 0 Å². The van der Waals surface area contributed by atoms with Crippen molar-refractivity contribution in [3.8, 4) is 0 Å². The summed E-state index contributed by atoms with van der Waals surface area (Å²) in [6.07, 6.45) is 1.00. The summed E-state index contributed by atoms with van der Waals surface area (Å²) in [7, 11) is 0. The third-order valence-corrected chi connectivity index (χ3v) is 1.22. The van der Waals surface area contributed by atoms with Crippen LogP contribution < -0.4 is 0 Å². The fourth-order valence-electron chi connectivity index (χ4n) is 0.152. The minimum atomic E-state index is -0.932. The minimum absolute atomic E-state index is 0.459. The van der Waals surface area contributed by atoms with Gasteiger partial charge in [-0.2, -0.15) is 0 Å². The summed E-state index contributed by atoms with van der Waals surface area (Å²) in [5, 5.41) is 8.49. The normalized spacial score (nSPS) is 12.2. The zero-order chi connectivity index (χ0) is 6.57. The van der Waals surface area contributed by atoms with Crippen LogP contribution in [0.2, 0.25) is 0 Å². The number of esters is 1. The molecule has 0 amide bonds. The first-order valence-electron chi connectivity index (χ1n) is 1.93. The number of carbonyl (C=O) groups is 1. The second-order valence-electron chi connectivity index (χ2n) is 1.05. The van der Waals surface area contributed by atoms with Gasteiger partial charge in [0.15, 0.2) is 0 Å². The Hall–Kier alpha value is -0.0118. The van der Waals surface area contributed by atoms with Crippen molar-refractivity contribution in [3.63, 3.8) is 0 Å². The van der Waals surface area contributed by atoms with Crippen LogP contribution in [0.5, 0.6) is 0 Å². The van der Waals surface area contributed by atoms with Crippen LogP contribution in [0.1, 0.15) is 0 Å². The summed E-state index contributed by atoms with van der Waals surface area (Å²) < 4.78 is 3.28. The van der Waals surface area contributed by atoms with Gasteiger partial charge in [0.25, 0.3) is 0 Å². The Kier molecular flexibility index (Phi) is 3.92. The van der Waals surface area contributed by atoms with Crippen molar-refractivity contribution in [2.75, 3.05) is 0 Å². The molecule has 8 heavy (non-hydrogen) atoms. The van der Waals surface area contributed by atoms with Gasteiger partial charge in [-0.25, -0.2) is 0 Å². The summed E-state index contributed by atoms with van der Waals surface area (Å²) in [6, 6.07) is 0. The van der Waals surface area contributed by atoms with E-state index in [2.05, 4.69) is 11.3 Å². The predicted octanol–water partition coefficient (Wildman–Crippen LogP) is -1.38. The van der Waals surface area contributed by atoms with Crippen molar-refractivity contribution >= 4 is 29.0 Å². The van der Waals surface area contributed by atoms with E-state index in [1.807, 2.05) is 0 Å². The molecule has 1 N–H and O–H groups in total. The Balaban J connectivity index is 3.48. The van der Waals surface area contributed by atoms with E-state index >= 15 is 0 Å². The Morgan fingerprint density at radius 1 is 2.00 bits per heavy atom. The molecular weight excluding hydrogens is 218 g/mol. The quantitative estimate of drug-likeness (QED) is 0.358. The summed E-state index contributed by atoms with van der Waals surface area (Å²) in [6.45, 7) is 3.14. The average molecular weight is 225 g/mol. The first-order valence-corrected chi connectivity index (χ1v) is 3.84. The van der Waals surface area contributed by atoms with Gasteiger partial charge in [0, 0.05) is 0 Å². The molecule has 0 aromatic rings. The molecule has 46 valence electrons. The predicted molar refractivity (Wildman–Crippen MR) is 30.8 cm³/mol. The summed E-state index contributed by atoms with van der Waals surface area (Å²) in [5.41, 5.74) is 0. The van der Waals surface area contributed by atoms with Crippen LogP contribution in [0.4, 0.5) is 0 Å². The van der Waals surface area contributed by atoms with Gasteiger partial charge in [0.1, 0.15) is 0 Å². The van der Waals surface area contributed by atoms with Gasteiger partial charge >= 0.3 is 60.5 Å². The van der Waals surface area contributed by atoms with Crippen LogP contribution in [0.3, 0.4) is 0 Å². The van der Waals surface area contributed by atoms with Crippen molar-refractivity contribution in [2.24, 2.45) is 0 Å². The molecule has 1 atom stereocenters. The Bertz CT molecular complexity index is 99.5. The molecule has 0 fully saturated rings. The van der Waals surface area contributed by atoms with Gasteiger partial charge in [0.05, 0.1) is 0 Å². The van der Waals surface area contributed by atoms with Crippen molar-refractivity contribution in [1.29, 1.82) is 0 Å². The molecule has 0 aliphatic heterocycles. The summed E-state index contributed by atoms with van der Waals surface area (Å²) in [4.78, 5) is 10.2. The molecule has 0 aromatic carbocycles. The Labute approximate surface area is 60.8 Å². The monoisotopic (exact) mass is 224 g/mol. The number of aliphatic hydroxyl groups excluding tert-OH is 1. The third-order valence-electron chi connectivity index (χ3n) is 0.441. The first kappa shape index (κ1) is 7.99. The van der Waals surface area contributed by atoms with Crippen LogP contribution in [0.25, 0.3) is 0 Å². The first-order chi connectivity index (χ1) is 3.68. The number of rotatable bonds is 2. The van der Waals surface area contributed by atoms with E-state index in [0.29, 0.717) is 23.0 Å². The molecule has 0 aromatic heterocycles. The third kappa shape index (κ3) is 3.05. The van der Waals surface area contributed by atoms with E-state index < -0.39 is 10.0 Å². The van der Waals surface area contributed by atoms with Gasteiger partial charge in [-0.3, -0.25) is 0 Å². The van der Waals surface area contributed by atoms with Crippen molar-refractivity contribution in [1.82, 2.24) is 0 Å². The number of ether oxygens (including phenoxy) is 1. The number of carbonyl (C=O) groups excluding carboxylic acids is 1. The Morgan fingerprint density at radius 3 is 2.62 bits per heavy atom. The molecule has 3 nitrogen and oxygen atoms in total. The fourth-order valence-corrected chi connectivity index (χ4v) is 0.376. The molecule has 0 aliphatic rings. The van der Waals surface area contributed by atoms with E-state index in [1.54, 1.807) is 0 Å². The van der Waals surface area contributed by atoms with E-state index in [4.69, 9.17) is 5.11 Å². The van der Waals surface area contributed by atoms with Crippen LogP contribution in [0, 0.1) is 0 Å². The Morgan fingerprint density at radius 2 is 2.50 bits per heavy atom. The SMILES string of the molecule is C=COC(=O)[CH](O)[SbH2]. The average Bonchev–Trinajstić information content (AvgIpc) is 1.67. The van der Waals surface area contributed by atoms with E-state index in [1.165, 1.54) is 0 Å². The van der Waals surface area contributed by atoms with Gasteiger partial charge in [-0.15, -0.1) is 0 Å². The topological polar surface area (TPSA) is 46.5 Å². The second-order valence-corrected chi connectivity index (χ2v) is 2.85. The molecule has 1 unspecified atom stereocenters.